The van der Waals surface area contributed by atoms with E-state index in [-0.39, 0.29) is 16.2 Å². The Bertz CT molecular complexity index is 629. The number of ether oxygens (including phenoxy) is 1. The van der Waals surface area contributed by atoms with E-state index in [1.54, 1.807) is 0 Å². The Kier molecular flexibility index (Phi) is 5.17. The largest absolute Gasteiger partial charge is 0.374 e. The first-order chi connectivity index (χ1) is 11.2. The maximum Gasteiger partial charge on any atom is 0.335 e. The number of hydrogen-bond donors (Lipinski definition) is 0. The van der Waals surface area contributed by atoms with E-state index in [1.165, 1.54) is 24.3 Å². The number of nitrogens with zero attached hydrogens (tertiary/aromatic N) is 1. The van der Waals surface area contributed by atoms with Crippen LogP contribution >= 0.6 is 0 Å². The highest BCUT2D eigenvalue weighted by atomic mass is 19.3. The molecule has 0 atom stereocenters. The van der Waals surface area contributed by atoms with Gasteiger partial charge < -0.3 is 9.57 Å². The summed E-state index contributed by atoms with van der Waals surface area (Å²) in [5.41, 5.74) is 0.117. The van der Waals surface area contributed by atoms with Gasteiger partial charge in [0.1, 0.15) is 6.61 Å². The van der Waals surface area contributed by atoms with E-state index >= 15 is 0 Å². The molecule has 0 N–H and O–H groups in total. The Balaban J connectivity index is 1.82. The quantitative estimate of drug-likeness (QED) is 0.428. The van der Waals surface area contributed by atoms with Gasteiger partial charge in [-0.1, -0.05) is 17.2 Å². The normalized spacial score (nSPS) is 14.3. The molecule has 0 aromatic heterocycles. The summed E-state index contributed by atoms with van der Waals surface area (Å²) in [7, 11) is 0. The summed E-state index contributed by atoms with van der Waals surface area (Å²) < 4.78 is 53.2. The highest BCUT2D eigenvalue weighted by molar-refractivity contribution is 6.20. The van der Waals surface area contributed by atoms with Gasteiger partial charge >= 0.3 is 18.3 Å². The average molecular weight is 349 g/mol. The van der Waals surface area contributed by atoms with Crippen LogP contribution in [0.2, 0.25) is 0 Å². The Labute approximate surface area is 132 Å². The van der Waals surface area contributed by atoms with Crippen molar-refractivity contribution in [2.75, 3.05) is 13.2 Å². The molecule has 1 heterocycles. The summed E-state index contributed by atoms with van der Waals surface area (Å²) in [5, 5.41) is 0.251. The average Bonchev–Trinajstić information content (AvgIpc) is 2.77. The van der Waals surface area contributed by atoms with Crippen LogP contribution in [-0.4, -0.2) is 48.4 Å². The molecule has 0 saturated carbocycles. The van der Waals surface area contributed by atoms with Crippen molar-refractivity contribution in [2.24, 2.45) is 0 Å². The Hall–Kier alpha value is -2.49. The minimum Gasteiger partial charge on any atom is -0.374 e. The lowest BCUT2D eigenvalue weighted by atomic mass is 10.1. The molecule has 0 unspecified atom stereocenters. The van der Waals surface area contributed by atoms with E-state index in [1.807, 2.05) is 0 Å². The summed E-state index contributed by atoms with van der Waals surface area (Å²) >= 11 is 0. The van der Waals surface area contributed by atoms with Gasteiger partial charge in [-0.2, -0.15) is 8.78 Å². The smallest absolute Gasteiger partial charge is 0.335 e. The molecule has 24 heavy (non-hydrogen) atoms. The number of rotatable bonds is 7. The second-order valence-electron chi connectivity index (χ2n) is 4.78. The molecule has 2 amide bonds. The molecule has 130 valence electrons. The number of hydroxylamine groups is 2. The van der Waals surface area contributed by atoms with Crippen LogP contribution in [0.15, 0.2) is 24.3 Å². The van der Waals surface area contributed by atoms with E-state index in [2.05, 4.69) is 9.57 Å². The molecule has 1 aliphatic rings. The molecule has 0 radical (unpaired) electrons. The van der Waals surface area contributed by atoms with Crippen molar-refractivity contribution in [3.05, 3.63) is 35.4 Å². The number of hydrogen-bond acceptors (Lipinski definition) is 5. The SMILES string of the molecule is O=C(CCOCC(F)(F)C(F)F)ON1C(=O)c2ccccc2C1=O. The van der Waals surface area contributed by atoms with Crippen molar-refractivity contribution >= 4 is 17.8 Å². The van der Waals surface area contributed by atoms with Crippen LogP contribution in [0.4, 0.5) is 17.6 Å². The fourth-order valence-electron chi connectivity index (χ4n) is 1.82. The molecule has 10 heteroatoms. The van der Waals surface area contributed by atoms with E-state index in [0.29, 0.717) is 0 Å². The van der Waals surface area contributed by atoms with Gasteiger partial charge in [0.15, 0.2) is 0 Å². The minimum absolute atomic E-state index is 0.0584. The van der Waals surface area contributed by atoms with Crippen molar-refractivity contribution in [1.82, 2.24) is 5.06 Å². The minimum atomic E-state index is -4.33. The lowest BCUT2D eigenvalue weighted by Crippen LogP contribution is -2.34. The zero-order valence-corrected chi connectivity index (χ0v) is 12.0. The zero-order chi connectivity index (χ0) is 17.9. The number of carbonyl (C=O) groups is 3. The van der Waals surface area contributed by atoms with Gasteiger partial charge in [-0.3, -0.25) is 9.59 Å². The number of alkyl halides is 4. The van der Waals surface area contributed by atoms with Crippen LogP contribution in [-0.2, 0) is 14.4 Å². The second kappa shape index (κ2) is 6.95. The zero-order valence-electron chi connectivity index (χ0n) is 12.0. The van der Waals surface area contributed by atoms with Crippen LogP contribution in [0.25, 0.3) is 0 Å². The van der Waals surface area contributed by atoms with Gasteiger partial charge in [0.25, 0.3) is 11.8 Å². The number of halogens is 4. The molecular formula is C14H11F4NO5. The number of carbonyl (C=O) groups excluding carboxylic acids is 3. The van der Waals surface area contributed by atoms with Crippen LogP contribution in [0.5, 0.6) is 0 Å². The third-order valence-electron chi connectivity index (χ3n) is 3.01. The lowest BCUT2D eigenvalue weighted by molar-refractivity contribution is -0.176. The van der Waals surface area contributed by atoms with Gasteiger partial charge in [-0.05, 0) is 12.1 Å². The van der Waals surface area contributed by atoms with Gasteiger partial charge in [0, 0.05) is 0 Å². The van der Waals surface area contributed by atoms with Crippen molar-refractivity contribution in [3.63, 3.8) is 0 Å². The van der Waals surface area contributed by atoms with Crippen molar-refractivity contribution in [2.45, 2.75) is 18.8 Å². The third kappa shape index (κ3) is 3.70. The standard InChI is InChI=1S/C14H11F4NO5/c15-13(16)14(17,18)7-23-6-5-10(20)24-19-11(21)8-3-1-2-4-9(8)12(19)22/h1-4,13H,5-7H2. The maximum atomic E-state index is 12.6. The first-order valence-electron chi connectivity index (χ1n) is 6.66. The van der Waals surface area contributed by atoms with E-state index in [0.717, 1.165) is 0 Å². The molecule has 6 nitrogen and oxygen atoms in total. The topological polar surface area (TPSA) is 72.9 Å². The second-order valence-corrected chi connectivity index (χ2v) is 4.78. The van der Waals surface area contributed by atoms with Crippen LogP contribution in [0, 0.1) is 0 Å². The summed E-state index contributed by atoms with van der Waals surface area (Å²) in [4.78, 5) is 39.9. The first-order valence-corrected chi connectivity index (χ1v) is 6.66. The predicted octanol–water partition coefficient (Wildman–Crippen LogP) is 2.05. The maximum absolute atomic E-state index is 12.6. The molecule has 0 bridgehead atoms. The van der Waals surface area contributed by atoms with Crippen LogP contribution < -0.4 is 0 Å². The molecule has 1 aliphatic heterocycles. The lowest BCUT2D eigenvalue weighted by Gasteiger charge is -2.15. The molecular weight excluding hydrogens is 338 g/mol. The molecule has 0 fully saturated rings. The van der Waals surface area contributed by atoms with Gasteiger partial charge in [-0.15, -0.1) is 0 Å². The summed E-state index contributed by atoms with van der Waals surface area (Å²) in [6.45, 7) is -2.20. The van der Waals surface area contributed by atoms with Crippen molar-refractivity contribution in [1.29, 1.82) is 0 Å². The highest BCUT2D eigenvalue weighted by Gasteiger charge is 2.41. The Morgan fingerprint density at radius 3 is 2.17 bits per heavy atom. The van der Waals surface area contributed by atoms with E-state index in [9.17, 15) is 31.9 Å². The van der Waals surface area contributed by atoms with Crippen molar-refractivity contribution < 1.29 is 41.5 Å². The monoisotopic (exact) mass is 349 g/mol. The van der Waals surface area contributed by atoms with Gasteiger partial charge in [0.2, 0.25) is 0 Å². The molecule has 0 spiro atoms. The first kappa shape index (κ1) is 17.9. The fourth-order valence-corrected chi connectivity index (χ4v) is 1.82. The molecule has 0 aliphatic carbocycles. The summed E-state index contributed by atoms with van der Waals surface area (Å²) in [5.74, 6) is -7.11. The molecule has 1 aromatic carbocycles. The number of fused-ring (bicyclic) bond motifs is 1. The van der Waals surface area contributed by atoms with Crippen LogP contribution in [0.3, 0.4) is 0 Å². The molecule has 2 rings (SSSR count). The van der Waals surface area contributed by atoms with Crippen molar-refractivity contribution in [3.8, 4) is 0 Å². The Morgan fingerprint density at radius 1 is 1.12 bits per heavy atom. The van der Waals surface area contributed by atoms with Crippen LogP contribution in [0.1, 0.15) is 27.1 Å². The van der Waals surface area contributed by atoms with Gasteiger partial charge in [0.05, 0.1) is 24.2 Å². The van der Waals surface area contributed by atoms with Gasteiger partial charge in [-0.25, -0.2) is 13.6 Å². The Morgan fingerprint density at radius 2 is 1.67 bits per heavy atom. The predicted molar refractivity (Wildman–Crippen MR) is 69.4 cm³/mol. The third-order valence-corrected chi connectivity index (χ3v) is 3.01. The summed E-state index contributed by atoms with van der Waals surface area (Å²) in [6, 6.07) is 5.79. The molecule has 0 saturated heterocycles. The van der Waals surface area contributed by atoms with E-state index < -0.39 is 49.8 Å². The number of benzene rings is 1. The van der Waals surface area contributed by atoms with E-state index in [4.69, 9.17) is 0 Å². The number of amides is 2. The summed E-state index contributed by atoms with van der Waals surface area (Å²) in [6.07, 6.45) is -4.49. The molecule has 1 aromatic rings. The highest BCUT2D eigenvalue weighted by Crippen LogP contribution is 2.24. The fraction of sp³-hybridized carbons (Fsp3) is 0.357. The number of imide groups is 1.